The molecule has 0 bridgehead atoms. The summed E-state index contributed by atoms with van der Waals surface area (Å²) >= 11 is 11.9. The summed E-state index contributed by atoms with van der Waals surface area (Å²) in [4.78, 5) is 23.0. The van der Waals surface area contributed by atoms with Gasteiger partial charge in [-0.25, -0.2) is 14.8 Å². The van der Waals surface area contributed by atoms with Crippen molar-refractivity contribution in [2.45, 2.75) is 6.92 Å². The molecule has 1 aliphatic heterocycles. The fourth-order valence-corrected chi connectivity index (χ4v) is 2.99. The number of nitrogens with zero attached hydrogens (tertiary/aromatic N) is 3. The van der Waals surface area contributed by atoms with Crippen LogP contribution in [0.4, 0.5) is 16.3 Å². The van der Waals surface area contributed by atoms with Crippen molar-refractivity contribution in [1.29, 1.82) is 0 Å². The smallest absolute Gasteiger partial charge is 0.319 e. The SMILES string of the molecule is Cc1c(Cl)nc(-c2ccc(NC(=O)NCCCl)cc2)nc1N1CCOCC1. The molecule has 7 nitrogen and oxygen atoms in total. The maximum absolute atomic E-state index is 11.7. The lowest BCUT2D eigenvalue weighted by Gasteiger charge is -2.29. The predicted octanol–water partition coefficient (Wildman–Crippen LogP) is 3.30. The molecule has 1 fully saturated rings. The Labute approximate surface area is 168 Å². The zero-order valence-corrected chi connectivity index (χ0v) is 16.5. The van der Waals surface area contributed by atoms with Crippen LogP contribution in [0.25, 0.3) is 11.4 Å². The monoisotopic (exact) mass is 409 g/mol. The van der Waals surface area contributed by atoms with Crippen LogP contribution in [0.1, 0.15) is 5.56 Å². The summed E-state index contributed by atoms with van der Waals surface area (Å²) in [6.45, 7) is 5.21. The van der Waals surface area contributed by atoms with Gasteiger partial charge in [0.2, 0.25) is 0 Å². The molecule has 3 rings (SSSR count). The van der Waals surface area contributed by atoms with Gasteiger partial charge in [0.15, 0.2) is 5.82 Å². The summed E-state index contributed by atoms with van der Waals surface area (Å²) in [5.74, 6) is 1.74. The lowest BCUT2D eigenvalue weighted by molar-refractivity contribution is 0.122. The first kappa shape index (κ1) is 19.7. The minimum atomic E-state index is -0.298. The molecule has 0 spiro atoms. The Kier molecular flexibility index (Phi) is 6.71. The number of urea groups is 1. The van der Waals surface area contributed by atoms with Gasteiger partial charge in [-0.3, -0.25) is 0 Å². The van der Waals surface area contributed by atoms with Gasteiger partial charge in [-0.1, -0.05) is 11.6 Å². The minimum Gasteiger partial charge on any atom is -0.378 e. The van der Waals surface area contributed by atoms with Gasteiger partial charge in [0.25, 0.3) is 0 Å². The molecule has 1 aromatic heterocycles. The second-order valence-electron chi connectivity index (χ2n) is 6.03. The van der Waals surface area contributed by atoms with Gasteiger partial charge in [0, 0.05) is 42.3 Å². The van der Waals surface area contributed by atoms with E-state index in [1.807, 2.05) is 19.1 Å². The second-order valence-corrected chi connectivity index (χ2v) is 6.77. The van der Waals surface area contributed by atoms with Gasteiger partial charge in [-0.15, -0.1) is 11.6 Å². The number of benzene rings is 1. The van der Waals surface area contributed by atoms with Crippen LogP contribution in [0, 0.1) is 6.92 Å². The second kappa shape index (κ2) is 9.21. The average molecular weight is 410 g/mol. The van der Waals surface area contributed by atoms with Crippen LogP contribution < -0.4 is 15.5 Å². The van der Waals surface area contributed by atoms with Gasteiger partial charge in [-0.05, 0) is 31.2 Å². The van der Waals surface area contributed by atoms with E-state index in [1.54, 1.807) is 12.1 Å². The molecule has 9 heteroatoms. The molecule has 144 valence electrons. The third-order valence-electron chi connectivity index (χ3n) is 4.15. The Morgan fingerprint density at radius 2 is 1.93 bits per heavy atom. The number of anilines is 2. The highest BCUT2D eigenvalue weighted by molar-refractivity contribution is 6.30. The number of carbonyl (C=O) groups is 1. The summed E-state index contributed by atoms with van der Waals surface area (Å²) in [6, 6.07) is 6.98. The third kappa shape index (κ3) is 5.00. The maximum Gasteiger partial charge on any atom is 0.319 e. The molecule has 2 N–H and O–H groups in total. The molecule has 0 unspecified atom stereocenters. The summed E-state index contributed by atoms with van der Waals surface area (Å²) in [5, 5.41) is 5.82. The standard InChI is InChI=1S/C18H21Cl2N5O2/c1-12-15(20)23-16(24-17(12)25-8-10-27-11-9-25)13-2-4-14(5-3-13)22-18(26)21-7-6-19/h2-5H,6-11H2,1H3,(H2,21,22,26). The molecular weight excluding hydrogens is 389 g/mol. The van der Waals surface area contributed by atoms with E-state index in [2.05, 4.69) is 20.5 Å². The molecule has 2 aromatic rings. The Bertz CT molecular complexity index is 795. The quantitative estimate of drug-likeness (QED) is 0.584. The molecule has 1 aliphatic rings. The molecule has 1 aromatic carbocycles. The van der Waals surface area contributed by atoms with E-state index >= 15 is 0 Å². The zero-order chi connectivity index (χ0) is 19.2. The highest BCUT2D eigenvalue weighted by Gasteiger charge is 2.19. The maximum atomic E-state index is 11.7. The van der Waals surface area contributed by atoms with Crippen molar-refractivity contribution >= 4 is 40.7 Å². The van der Waals surface area contributed by atoms with Crippen LogP contribution in [0.15, 0.2) is 24.3 Å². The number of rotatable bonds is 5. The first-order valence-electron chi connectivity index (χ1n) is 8.66. The molecule has 0 saturated carbocycles. The number of morpholine rings is 1. The Hall–Kier alpha value is -2.09. The predicted molar refractivity (Wildman–Crippen MR) is 108 cm³/mol. The van der Waals surface area contributed by atoms with E-state index in [9.17, 15) is 4.79 Å². The van der Waals surface area contributed by atoms with Crippen molar-refractivity contribution in [2.24, 2.45) is 0 Å². The van der Waals surface area contributed by atoms with Crippen LogP contribution >= 0.6 is 23.2 Å². The molecule has 2 heterocycles. The van der Waals surface area contributed by atoms with Crippen molar-refractivity contribution in [1.82, 2.24) is 15.3 Å². The molecule has 0 radical (unpaired) electrons. The lowest BCUT2D eigenvalue weighted by atomic mass is 10.2. The summed E-state index contributed by atoms with van der Waals surface area (Å²) in [5.41, 5.74) is 2.34. The number of ether oxygens (including phenoxy) is 1. The molecule has 0 atom stereocenters. The highest BCUT2D eigenvalue weighted by atomic mass is 35.5. The van der Waals surface area contributed by atoms with Crippen molar-refractivity contribution in [3.8, 4) is 11.4 Å². The highest BCUT2D eigenvalue weighted by Crippen LogP contribution is 2.28. The zero-order valence-electron chi connectivity index (χ0n) is 15.0. The van der Waals surface area contributed by atoms with Gasteiger partial charge in [0.1, 0.15) is 11.0 Å². The van der Waals surface area contributed by atoms with Crippen molar-refractivity contribution in [2.75, 3.05) is 48.9 Å². The number of hydrogen-bond donors (Lipinski definition) is 2. The normalized spacial score (nSPS) is 14.1. The van der Waals surface area contributed by atoms with Crippen molar-refractivity contribution in [3.05, 3.63) is 35.0 Å². The number of aromatic nitrogens is 2. The Morgan fingerprint density at radius 3 is 2.59 bits per heavy atom. The third-order valence-corrected chi connectivity index (χ3v) is 4.71. The number of hydrogen-bond acceptors (Lipinski definition) is 5. The van der Waals surface area contributed by atoms with Gasteiger partial charge in [0.05, 0.1) is 13.2 Å². The molecule has 0 aliphatic carbocycles. The van der Waals surface area contributed by atoms with E-state index in [0.717, 1.165) is 30.0 Å². The molecular formula is C18H21Cl2N5O2. The number of nitrogens with one attached hydrogen (secondary N) is 2. The summed E-state index contributed by atoms with van der Waals surface area (Å²) < 4.78 is 5.41. The fourth-order valence-electron chi connectivity index (χ4n) is 2.73. The average Bonchev–Trinajstić information content (AvgIpc) is 2.69. The van der Waals surface area contributed by atoms with E-state index in [-0.39, 0.29) is 6.03 Å². The van der Waals surface area contributed by atoms with Crippen LogP contribution in [0.2, 0.25) is 5.15 Å². The summed E-state index contributed by atoms with van der Waals surface area (Å²) in [6.07, 6.45) is 0. The van der Waals surface area contributed by atoms with E-state index in [4.69, 9.17) is 32.9 Å². The van der Waals surface area contributed by atoms with Crippen molar-refractivity contribution in [3.63, 3.8) is 0 Å². The van der Waals surface area contributed by atoms with E-state index < -0.39 is 0 Å². The molecule has 2 amide bonds. The van der Waals surface area contributed by atoms with Crippen LogP contribution in [0.5, 0.6) is 0 Å². The largest absolute Gasteiger partial charge is 0.378 e. The molecule has 27 heavy (non-hydrogen) atoms. The fraction of sp³-hybridized carbons (Fsp3) is 0.389. The van der Waals surface area contributed by atoms with Crippen LogP contribution in [0.3, 0.4) is 0 Å². The van der Waals surface area contributed by atoms with Crippen LogP contribution in [-0.4, -0.2) is 54.7 Å². The van der Waals surface area contributed by atoms with Gasteiger partial charge in [-0.2, -0.15) is 0 Å². The van der Waals surface area contributed by atoms with Gasteiger partial charge >= 0.3 is 6.03 Å². The molecule has 1 saturated heterocycles. The minimum absolute atomic E-state index is 0.298. The number of amides is 2. The Balaban J connectivity index is 1.79. The van der Waals surface area contributed by atoms with E-state index in [0.29, 0.717) is 42.3 Å². The first-order valence-corrected chi connectivity index (χ1v) is 9.58. The lowest BCUT2D eigenvalue weighted by Crippen LogP contribution is -2.37. The summed E-state index contributed by atoms with van der Waals surface area (Å²) in [7, 11) is 0. The topological polar surface area (TPSA) is 79.4 Å². The number of carbonyl (C=O) groups excluding carboxylic acids is 1. The van der Waals surface area contributed by atoms with Gasteiger partial charge < -0.3 is 20.3 Å². The van der Waals surface area contributed by atoms with E-state index in [1.165, 1.54) is 0 Å². The number of alkyl halides is 1. The van der Waals surface area contributed by atoms with Crippen LogP contribution in [-0.2, 0) is 4.74 Å². The number of halogens is 2. The first-order chi connectivity index (χ1) is 13.1. The Morgan fingerprint density at radius 1 is 1.22 bits per heavy atom. The van der Waals surface area contributed by atoms with Crippen molar-refractivity contribution < 1.29 is 9.53 Å².